The molecule has 3 rings (SSSR count). The number of furan rings is 1. The van der Waals surface area contributed by atoms with Crippen molar-refractivity contribution in [2.24, 2.45) is 5.10 Å². The summed E-state index contributed by atoms with van der Waals surface area (Å²) in [6, 6.07) is 7.46. The molecule has 6 nitrogen and oxygen atoms in total. The average molecular weight is 288 g/mol. The Kier molecular flexibility index (Phi) is 3.36. The van der Waals surface area contributed by atoms with Crippen molar-refractivity contribution in [1.29, 1.82) is 0 Å². The number of nitrogens with one attached hydrogen (secondary N) is 1. The van der Waals surface area contributed by atoms with Gasteiger partial charge in [0.15, 0.2) is 0 Å². The van der Waals surface area contributed by atoms with E-state index in [0.717, 1.165) is 16.5 Å². The summed E-state index contributed by atoms with van der Waals surface area (Å²) in [5, 5.41) is 16.4. The number of hydrogen-bond acceptors (Lipinski definition) is 7. The van der Waals surface area contributed by atoms with Crippen molar-refractivity contribution in [3.63, 3.8) is 0 Å². The summed E-state index contributed by atoms with van der Waals surface area (Å²) in [6.45, 7) is -0.106. The molecular weight excluding hydrogens is 276 g/mol. The first-order valence-electron chi connectivity index (χ1n) is 5.88. The van der Waals surface area contributed by atoms with Crippen molar-refractivity contribution in [2.45, 2.75) is 6.61 Å². The number of nitrogen functional groups attached to an aromatic ring is 1. The third-order valence-electron chi connectivity index (χ3n) is 2.64. The molecule has 0 saturated heterocycles. The third-order valence-corrected chi connectivity index (χ3v) is 3.41. The van der Waals surface area contributed by atoms with Gasteiger partial charge in [-0.25, -0.2) is 4.98 Å². The van der Waals surface area contributed by atoms with E-state index in [-0.39, 0.29) is 6.61 Å². The van der Waals surface area contributed by atoms with Crippen LogP contribution in [-0.4, -0.2) is 16.3 Å². The zero-order chi connectivity index (χ0) is 13.9. The highest BCUT2D eigenvalue weighted by Crippen LogP contribution is 2.20. The monoisotopic (exact) mass is 288 g/mol. The zero-order valence-electron chi connectivity index (χ0n) is 10.4. The van der Waals surface area contributed by atoms with Crippen LogP contribution in [0.25, 0.3) is 11.0 Å². The molecule has 3 aromatic rings. The molecule has 0 radical (unpaired) electrons. The molecule has 0 aliphatic heterocycles. The lowest BCUT2D eigenvalue weighted by molar-refractivity contribution is 0.251. The second-order valence-corrected chi connectivity index (χ2v) is 4.97. The number of hydrazone groups is 1. The number of hydrogen-bond donors (Lipinski definition) is 3. The average Bonchev–Trinajstić information content (AvgIpc) is 3.04. The van der Waals surface area contributed by atoms with Gasteiger partial charge in [0.05, 0.1) is 6.21 Å². The molecule has 0 bridgehead atoms. The van der Waals surface area contributed by atoms with Gasteiger partial charge in [0.25, 0.3) is 0 Å². The van der Waals surface area contributed by atoms with Gasteiger partial charge in [-0.15, -0.1) is 11.3 Å². The van der Waals surface area contributed by atoms with Gasteiger partial charge in [-0.05, 0) is 29.8 Å². The standard InChI is InChI=1S/C13H12N4O2S/c14-12-7-20-13(16-12)17-15-5-8-1-2-11-9(3-8)4-10(6-18)19-11/h1-5,7,18H,6,14H2,(H,16,17). The molecule has 2 aromatic heterocycles. The van der Waals surface area contributed by atoms with Crippen LogP contribution in [0.2, 0.25) is 0 Å². The number of nitrogens with two attached hydrogens (primary N) is 1. The Bertz CT molecular complexity index is 763. The highest BCUT2D eigenvalue weighted by Gasteiger charge is 2.02. The van der Waals surface area contributed by atoms with Crippen LogP contribution >= 0.6 is 11.3 Å². The lowest BCUT2D eigenvalue weighted by atomic mass is 10.2. The van der Waals surface area contributed by atoms with Gasteiger partial charge in [-0.2, -0.15) is 5.10 Å². The van der Waals surface area contributed by atoms with E-state index in [1.54, 1.807) is 11.6 Å². The van der Waals surface area contributed by atoms with Gasteiger partial charge in [-0.1, -0.05) is 0 Å². The molecule has 0 unspecified atom stereocenters. The fourth-order valence-corrected chi connectivity index (χ4v) is 2.32. The fourth-order valence-electron chi connectivity index (χ4n) is 1.77. The van der Waals surface area contributed by atoms with E-state index in [4.69, 9.17) is 15.3 Å². The highest BCUT2D eigenvalue weighted by atomic mass is 32.1. The maximum Gasteiger partial charge on any atom is 0.205 e. The summed E-state index contributed by atoms with van der Waals surface area (Å²) in [7, 11) is 0. The van der Waals surface area contributed by atoms with Gasteiger partial charge in [0, 0.05) is 10.8 Å². The minimum absolute atomic E-state index is 0.106. The number of nitrogens with zero attached hydrogens (tertiary/aromatic N) is 2. The number of anilines is 2. The van der Waals surface area contributed by atoms with Crippen LogP contribution in [0.3, 0.4) is 0 Å². The summed E-state index contributed by atoms with van der Waals surface area (Å²) >= 11 is 1.39. The second kappa shape index (κ2) is 5.32. The maximum absolute atomic E-state index is 9.03. The Morgan fingerprint density at radius 3 is 3.10 bits per heavy atom. The van der Waals surface area contributed by atoms with Crippen molar-refractivity contribution < 1.29 is 9.52 Å². The number of aliphatic hydroxyl groups is 1. The lowest BCUT2D eigenvalue weighted by Crippen LogP contribution is -1.91. The predicted molar refractivity (Wildman–Crippen MR) is 79.9 cm³/mol. The van der Waals surface area contributed by atoms with E-state index < -0.39 is 0 Å². The first-order valence-corrected chi connectivity index (χ1v) is 6.76. The summed E-state index contributed by atoms with van der Waals surface area (Å²) in [5.41, 5.74) is 9.99. The van der Waals surface area contributed by atoms with Crippen LogP contribution in [0.1, 0.15) is 11.3 Å². The fraction of sp³-hybridized carbons (Fsp3) is 0.0769. The van der Waals surface area contributed by atoms with Crippen LogP contribution in [-0.2, 0) is 6.61 Å². The molecular formula is C13H12N4O2S. The Morgan fingerprint density at radius 1 is 1.45 bits per heavy atom. The van der Waals surface area contributed by atoms with E-state index in [9.17, 15) is 0 Å². The predicted octanol–water partition coefficient (Wildman–Crippen LogP) is 2.41. The molecule has 0 aliphatic rings. The Morgan fingerprint density at radius 2 is 2.35 bits per heavy atom. The molecule has 0 atom stereocenters. The van der Waals surface area contributed by atoms with Crippen LogP contribution in [0.15, 0.2) is 39.2 Å². The quantitative estimate of drug-likeness (QED) is 0.506. The van der Waals surface area contributed by atoms with E-state index >= 15 is 0 Å². The largest absolute Gasteiger partial charge is 0.459 e. The molecule has 4 N–H and O–H groups in total. The Balaban J connectivity index is 1.76. The topological polar surface area (TPSA) is 96.7 Å². The number of aliphatic hydroxyl groups excluding tert-OH is 1. The lowest BCUT2D eigenvalue weighted by Gasteiger charge is -1.94. The third kappa shape index (κ3) is 2.63. The normalized spacial score (nSPS) is 11.4. The van der Waals surface area contributed by atoms with Crippen LogP contribution in [0, 0.1) is 0 Å². The number of rotatable bonds is 4. The van der Waals surface area contributed by atoms with Gasteiger partial charge in [-0.3, -0.25) is 5.43 Å². The number of fused-ring (bicyclic) bond motifs is 1. The van der Waals surface area contributed by atoms with Crippen molar-refractivity contribution in [2.75, 3.05) is 11.2 Å². The second-order valence-electron chi connectivity index (χ2n) is 4.12. The molecule has 0 saturated carbocycles. The first kappa shape index (κ1) is 12.6. The van der Waals surface area contributed by atoms with Gasteiger partial charge in [0.1, 0.15) is 23.8 Å². The van der Waals surface area contributed by atoms with Gasteiger partial charge < -0.3 is 15.3 Å². The first-order chi connectivity index (χ1) is 9.74. The molecule has 20 heavy (non-hydrogen) atoms. The molecule has 2 heterocycles. The van der Waals surface area contributed by atoms with Crippen molar-refractivity contribution in [1.82, 2.24) is 4.98 Å². The Hall–Kier alpha value is -2.38. The van der Waals surface area contributed by atoms with Crippen molar-refractivity contribution in [3.05, 3.63) is 41.0 Å². The number of aromatic nitrogens is 1. The summed E-state index contributed by atoms with van der Waals surface area (Å²) < 4.78 is 5.42. The molecule has 1 aromatic carbocycles. The van der Waals surface area contributed by atoms with Gasteiger partial charge in [0.2, 0.25) is 5.13 Å². The van der Waals surface area contributed by atoms with E-state index in [1.165, 1.54) is 11.3 Å². The van der Waals surface area contributed by atoms with Crippen LogP contribution in [0.4, 0.5) is 10.9 Å². The van der Waals surface area contributed by atoms with Crippen molar-refractivity contribution >= 4 is 39.5 Å². The Labute approximate surface area is 118 Å². The molecule has 102 valence electrons. The summed E-state index contributed by atoms with van der Waals surface area (Å²) in [6.07, 6.45) is 1.68. The SMILES string of the molecule is Nc1csc(NN=Cc2ccc3oc(CO)cc3c2)n1. The summed E-state index contributed by atoms with van der Waals surface area (Å²) in [4.78, 5) is 4.03. The van der Waals surface area contributed by atoms with Crippen LogP contribution < -0.4 is 11.2 Å². The molecule has 0 aliphatic carbocycles. The maximum atomic E-state index is 9.03. The van der Waals surface area contributed by atoms with Crippen LogP contribution in [0.5, 0.6) is 0 Å². The molecule has 7 heteroatoms. The smallest absolute Gasteiger partial charge is 0.205 e. The van der Waals surface area contributed by atoms with E-state index in [1.807, 2.05) is 24.3 Å². The molecule has 0 spiro atoms. The minimum Gasteiger partial charge on any atom is -0.459 e. The van der Waals surface area contributed by atoms with Gasteiger partial charge >= 0.3 is 0 Å². The number of benzene rings is 1. The van der Waals surface area contributed by atoms with Crippen molar-refractivity contribution in [3.8, 4) is 0 Å². The summed E-state index contributed by atoms with van der Waals surface area (Å²) in [5.74, 6) is 1.02. The van der Waals surface area contributed by atoms with E-state index in [0.29, 0.717) is 16.7 Å². The highest BCUT2D eigenvalue weighted by molar-refractivity contribution is 7.14. The minimum atomic E-state index is -0.106. The zero-order valence-corrected chi connectivity index (χ0v) is 11.2. The molecule has 0 fully saturated rings. The molecule has 0 amide bonds. The van der Waals surface area contributed by atoms with E-state index in [2.05, 4.69) is 15.5 Å². The number of thiazole rings is 1.